The maximum Gasteiger partial charge on any atom is 0.251 e. The van der Waals surface area contributed by atoms with Crippen molar-refractivity contribution in [2.24, 2.45) is 0 Å². The number of fused-ring (bicyclic) bond motifs is 1. The molecule has 4 rings (SSSR count). The van der Waals surface area contributed by atoms with Crippen LogP contribution in [-0.2, 0) is 13.0 Å². The van der Waals surface area contributed by atoms with E-state index in [1.165, 1.54) is 5.56 Å². The van der Waals surface area contributed by atoms with E-state index < -0.39 is 0 Å². The Kier molecular flexibility index (Phi) is 4.70. The van der Waals surface area contributed by atoms with Crippen LogP contribution in [0.3, 0.4) is 0 Å². The summed E-state index contributed by atoms with van der Waals surface area (Å²) in [5.41, 5.74) is 4.33. The van der Waals surface area contributed by atoms with E-state index in [-0.39, 0.29) is 5.91 Å². The molecule has 4 nitrogen and oxygen atoms in total. The van der Waals surface area contributed by atoms with Gasteiger partial charge < -0.3 is 15.4 Å². The Morgan fingerprint density at radius 3 is 3.04 bits per heavy atom. The van der Waals surface area contributed by atoms with Gasteiger partial charge in [-0.25, -0.2) is 0 Å². The molecular weight excluding hydrogens is 312 g/mol. The number of benzene rings is 2. The van der Waals surface area contributed by atoms with Crippen molar-refractivity contribution in [3.63, 3.8) is 0 Å². The molecule has 0 aliphatic carbocycles. The van der Waals surface area contributed by atoms with Gasteiger partial charge in [-0.3, -0.25) is 4.79 Å². The summed E-state index contributed by atoms with van der Waals surface area (Å²) >= 11 is 0. The number of carbonyl (C=O) groups excluding carboxylic acids is 1. The first-order chi connectivity index (χ1) is 12.3. The number of carbonyl (C=O) groups is 1. The molecule has 2 N–H and O–H groups in total. The minimum atomic E-state index is 0.0106. The standard InChI is InChI=1S/C21H24N2O2/c24-21(19-6-2-1-5-18(19)17-9-10-22-14-17)23-13-15-7-8-20-16(12-15)4-3-11-25-20/h1-2,5-8,12,17,22H,3-4,9-11,13-14H2,(H,23,24). The zero-order valence-electron chi connectivity index (χ0n) is 14.4. The molecule has 2 aromatic carbocycles. The number of amides is 1. The summed E-state index contributed by atoms with van der Waals surface area (Å²) in [7, 11) is 0. The molecule has 2 aliphatic rings. The third kappa shape index (κ3) is 3.54. The van der Waals surface area contributed by atoms with Crippen molar-refractivity contribution in [3.8, 4) is 5.75 Å². The molecule has 0 aromatic heterocycles. The van der Waals surface area contributed by atoms with Gasteiger partial charge in [0.05, 0.1) is 6.61 Å². The minimum absolute atomic E-state index is 0.0106. The van der Waals surface area contributed by atoms with Gasteiger partial charge in [0, 0.05) is 18.7 Å². The van der Waals surface area contributed by atoms with Crippen molar-refractivity contribution in [2.75, 3.05) is 19.7 Å². The molecule has 0 saturated carbocycles. The predicted octanol–water partition coefficient (Wildman–Crippen LogP) is 3.02. The molecule has 2 aliphatic heterocycles. The average molecular weight is 336 g/mol. The van der Waals surface area contributed by atoms with E-state index in [2.05, 4.69) is 22.8 Å². The Balaban J connectivity index is 1.46. The average Bonchev–Trinajstić information content (AvgIpc) is 3.20. The fourth-order valence-corrected chi connectivity index (χ4v) is 3.78. The Morgan fingerprint density at radius 2 is 2.16 bits per heavy atom. The monoisotopic (exact) mass is 336 g/mol. The maximum atomic E-state index is 12.7. The molecule has 0 spiro atoms. The van der Waals surface area contributed by atoms with Crippen LogP contribution in [0.15, 0.2) is 42.5 Å². The highest BCUT2D eigenvalue weighted by Gasteiger charge is 2.22. The lowest BCUT2D eigenvalue weighted by molar-refractivity contribution is 0.0949. The Morgan fingerprint density at radius 1 is 1.24 bits per heavy atom. The van der Waals surface area contributed by atoms with Gasteiger partial charge in [-0.1, -0.05) is 30.3 Å². The second-order valence-electron chi connectivity index (χ2n) is 6.85. The highest BCUT2D eigenvalue weighted by atomic mass is 16.5. The SMILES string of the molecule is O=C(NCc1ccc2c(c1)CCCO2)c1ccccc1C1CCNC1. The topological polar surface area (TPSA) is 50.4 Å². The molecule has 2 aromatic rings. The fourth-order valence-electron chi connectivity index (χ4n) is 3.78. The first kappa shape index (κ1) is 16.2. The summed E-state index contributed by atoms with van der Waals surface area (Å²) in [6, 6.07) is 14.2. The van der Waals surface area contributed by atoms with E-state index in [0.29, 0.717) is 12.5 Å². The van der Waals surface area contributed by atoms with Gasteiger partial charge in [0.1, 0.15) is 5.75 Å². The number of aryl methyl sites for hydroxylation is 1. The lowest BCUT2D eigenvalue weighted by Gasteiger charge is -2.18. The quantitative estimate of drug-likeness (QED) is 0.902. The number of ether oxygens (including phenoxy) is 1. The second kappa shape index (κ2) is 7.28. The summed E-state index contributed by atoms with van der Waals surface area (Å²) in [4.78, 5) is 12.7. The van der Waals surface area contributed by atoms with Gasteiger partial charge in [0.25, 0.3) is 5.91 Å². The molecular formula is C21H24N2O2. The summed E-state index contributed by atoms with van der Waals surface area (Å²) in [5.74, 6) is 1.43. The van der Waals surface area contributed by atoms with Crippen LogP contribution in [0.1, 0.15) is 45.8 Å². The van der Waals surface area contributed by atoms with Gasteiger partial charge in [0.2, 0.25) is 0 Å². The minimum Gasteiger partial charge on any atom is -0.493 e. The normalized spacial score (nSPS) is 19.1. The summed E-state index contributed by atoms with van der Waals surface area (Å²) in [5, 5.41) is 6.47. The zero-order valence-corrected chi connectivity index (χ0v) is 14.4. The van der Waals surface area contributed by atoms with Crippen molar-refractivity contribution in [1.82, 2.24) is 10.6 Å². The Hall–Kier alpha value is -2.33. The first-order valence-electron chi connectivity index (χ1n) is 9.14. The number of rotatable bonds is 4. The summed E-state index contributed by atoms with van der Waals surface area (Å²) in [6.07, 6.45) is 3.20. The summed E-state index contributed by atoms with van der Waals surface area (Å²) in [6.45, 7) is 3.33. The second-order valence-corrected chi connectivity index (χ2v) is 6.85. The largest absolute Gasteiger partial charge is 0.493 e. The van der Waals surface area contributed by atoms with E-state index in [0.717, 1.165) is 61.4 Å². The van der Waals surface area contributed by atoms with Crippen molar-refractivity contribution in [2.45, 2.75) is 31.7 Å². The molecule has 1 atom stereocenters. The van der Waals surface area contributed by atoms with Gasteiger partial charge >= 0.3 is 0 Å². The predicted molar refractivity (Wildman–Crippen MR) is 98.1 cm³/mol. The molecule has 2 heterocycles. The lowest BCUT2D eigenvalue weighted by Crippen LogP contribution is -2.25. The Bertz CT molecular complexity index is 766. The molecule has 1 unspecified atom stereocenters. The molecule has 0 bridgehead atoms. The highest BCUT2D eigenvalue weighted by Crippen LogP contribution is 2.27. The van der Waals surface area contributed by atoms with Crippen LogP contribution >= 0.6 is 0 Å². The number of nitrogens with one attached hydrogen (secondary N) is 2. The smallest absolute Gasteiger partial charge is 0.251 e. The van der Waals surface area contributed by atoms with Gasteiger partial charge in [-0.2, -0.15) is 0 Å². The van der Waals surface area contributed by atoms with Crippen LogP contribution in [-0.4, -0.2) is 25.6 Å². The van der Waals surface area contributed by atoms with Crippen LogP contribution in [0.25, 0.3) is 0 Å². The van der Waals surface area contributed by atoms with E-state index in [1.807, 2.05) is 30.3 Å². The molecule has 130 valence electrons. The van der Waals surface area contributed by atoms with Gasteiger partial charge in [-0.15, -0.1) is 0 Å². The zero-order chi connectivity index (χ0) is 17.1. The third-order valence-corrected chi connectivity index (χ3v) is 5.13. The molecule has 4 heteroatoms. The lowest BCUT2D eigenvalue weighted by atomic mass is 9.93. The maximum absolute atomic E-state index is 12.7. The van der Waals surface area contributed by atoms with Crippen molar-refractivity contribution >= 4 is 5.91 Å². The van der Waals surface area contributed by atoms with Crippen LogP contribution < -0.4 is 15.4 Å². The summed E-state index contributed by atoms with van der Waals surface area (Å²) < 4.78 is 5.65. The van der Waals surface area contributed by atoms with Gasteiger partial charge in [0.15, 0.2) is 0 Å². The Labute approximate surface area is 148 Å². The fraction of sp³-hybridized carbons (Fsp3) is 0.381. The first-order valence-corrected chi connectivity index (χ1v) is 9.14. The van der Waals surface area contributed by atoms with Crippen molar-refractivity contribution in [1.29, 1.82) is 0 Å². The number of hydrogen-bond donors (Lipinski definition) is 2. The molecule has 1 amide bonds. The van der Waals surface area contributed by atoms with Gasteiger partial charge in [-0.05, 0) is 60.5 Å². The van der Waals surface area contributed by atoms with Crippen LogP contribution in [0, 0.1) is 0 Å². The van der Waals surface area contributed by atoms with E-state index in [9.17, 15) is 4.79 Å². The van der Waals surface area contributed by atoms with E-state index in [4.69, 9.17) is 4.74 Å². The van der Waals surface area contributed by atoms with Crippen molar-refractivity contribution in [3.05, 3.63) is 64.7 Å². The van der Waals surface area contributed by atoms with Crippen LogP contribution in [0.2, 0.25) is 0 Å². The van der Waals surface area contributed by atoms with Crippen LogP contribution in [0.4, 0.5) is 0 Å². The molecule has 1 fully saturated rings. The third-order valence-electron chi connectivity index (χ3n) is 5.13. The number of hydrogen-bond acceptors (Lipinski definition) is 3. The van der Waals surface area contributed by atoms with Crippen LogP contribution in [0.5, 0.6) is 5.75 Å². The van der Waals surface area contributed by atoms with E-state index >= 15 is 0 Å². The van der Waals surface area contributed by atoms with Crippen molar-refractivity contribution < 1.29 is 9.53 Å². The van der Waals surface area contributed by atoms with E-state index in [1.54, 1.807) is 0 Å². The highest BCUT2D eigenvalue weighted by molar-refractivity contribution is 5.95. The molecule has 1 saturated heterocycles. The molecule has 25 heavy (non-hydrogen) atoms. The molecule has 0 radical (unpaired) electrons.